The minimum atomic E-state index is -3.77. The van der Waals surface area contributed by atoms with Gasteiger partial charge in [0.2, 0.25) is 0 Å². The monoisotopic (exact) mass is 285 g/mol. The molecular weight excluding hydrogens is 270 g/mol. The second kappa shape index (κ2) is 5.11. The van der Waals surface area contributed by atoms with E-state index >= 15 is 0 Å². The summed E-state index contributed by atoms with van der Waals surface area (Å²) < 4.78 is 28.2. The molecule has 0 saturated heterocycles. The number of nitrogens with one attached hydrogen (secondary N) is 2. The number of rotatable bonds is 5. The second-order valence-corrected chi connectivity index (χ2v) is 5.74. The fourth-order valence-corrected chi connectivity index (χ4v) is 2.83. The molecule has 0 amide bonds. The zero-order valence-electron chi connectivity index (χ0n) is 10.6. The van der Waals surface area contributed by atoms with E-state index in [0.29, 0.717) is 5.69 Å². The minimum Gasteiger partial charge on any atom is -0.392 e. The molecule has 0 atom stereocenters. The van der Waals surface area contributed by atoms with Gasteiger partial charge in [-0.25, -0.2) is 13.1 Å². The van der Waals surface area contributed by atoms with Crippen LogP contribution in [0.4, 0.5) is 0 Å². The average Bonchev–Trinajstić information content (AvgIpc) is 2.93. The van der Waals surface area contributed by atoms with Crippen LogP contribution in [0.25, 0.3) is 0 Å². The van der Waals surface area contributed by atoms with E-state index in [2.05, 4.69) is 20.0 Å². The predicted octanol–water partition coefficient (Wildman–Crippen LogP) is -0.578. The molecule has 0 fully saturated rings. The van der Waals surface area contributed by atoms with Crippen LogP contribution in [0.2, 0.25) is 0 Å². The van der Waals surface area contributed by atoms with E-state index in [9.17, 15) is 13.5 Å². The topological polar surface area (TPSA) is 113 Å². The molecule has 0 aromatic carbocycles. The lowest BCUT2D eigenvalue weighted by molar-refractivity contribution is 0.277. The fraction of sp³-hybridized carbons (Fsp3) is 0.400. The third kappa shape index (κ3) is 2.67. The van der Waals surface area contributed by atoms with Gasteiger partial charge in [0.1, 0.15) is 0 Å². The van der Waals surface area contributed by atoms with Gasteiger partial charge in [0.15, 0.2) is 5.03 Å². The van der Waals surface area contributed by atoms with Crippen LogP contribution in [-0.2, 0) is 30.2 Å². The first-order valence-corrected chi connectivity index (χ1v) is 7.05. The summed E-state index contributed by atoms with van der Waals surface area (Å²) in [6, 6.07) is 1.71. The van der Waals surface area contributed by atoms with Gasteiger partial charge in [-0.2, -0.15) is 10.2 Å². The third-order valence-electron chi connectivity index (χ3n) is 2.81. The van der Waals surface area contributed by atoms with Crippen molar-refractivity contribution in [2.24, 2.45) is 7.05 Å². The summed E-state index contributed by atoms with van der Waals surface area (Å²) in [6.45, 7) is 1.37. The van der Waals surface area contributed by atoms with Crippen LogP contribution < -0.4 is 4.72 Å². The highest BCUT2D eigenvalue weighted by Crippen LogP contribution is 2.16. The molecule has 2 aromatic rings. The molecule has 9 heteroatoms. The van der Waals surface area contributed by atoms with Gasteiger partial charge < -0.3 is 5.11 Å². The highest BCUT2D eigenvalue weighted by Gasteiger charge is 2.23. The Balaban J connectivity index is 2.21. The van der Waals surface area contributed by atoms with Crippen molar-refractivity contribution >= 4 is 10.0 Å². The Hall–Kier alpha value is -1.71. The molecule has 0 aliphatic rings. The van der Waals surface area contributed by atoms with Crippen LogP contribution in [0.3, 0.4) is 0 Å². The fourth-order valence-electron chi connectivity index (χ4n) is 1.65. The molecular formula is C10H15N5O3S. The molecule has 19 heavy (non-hydrogen) atoms. The first-order chi connectivity index (χ1) is 8.95. The van der Waals surface area contributed by atoms with E-state index in [4.69, 9.17) is 0 Å². The van der Waals surface area contributed by atoms with Gasteiger partial charge in [-0.05, 0) is 13.0 Å². The van der Waals surface area contributed by atoms with Crippen LogP contribution in [0, 0.1) is 6.92 Å². The summed E-state index contributed by atoms with van der Waals surface area (Å²) in [5.74, 6) is 0. The Morgan fingerprint density at radius 3 is 2.84 bits per heavy atom. The lowest BCUT2D eigenvalue weighted by atomic mass is 10.3. The zero-order chi connectivity index (χ0) is 14.0. The number of aromatic nitrogens is 4. The molecule has 0 radical (unpaired) electrons. The summed E-state index contributed by atoms with van der Waals surface area (Å²) in [6.07, 6.45) is 1.58. The molecule has 2 aromatic heterocycles. The van der Waals surface area contributed by atoms with Crippen LogP contribution >= 0.6 is 0 Å². The van der Waals surface area contributed by atoms with E-state index in [1.165, 1.54) is 0 Å². The van der Waals surface area contributed by atoms with Gasteiger partial charge in [0.05, 0.1) is 18.8 Å². The first kappa shape index (κ1) is 13.7. The van der Waals surface area contributed by atoms with Crippen molar-refractivity contribution in [3.63, 3.8) is 0 Å². The summed E-state index contributed by atoms with van der Waals surface area (Å²) in [5, 5.41) is 19.2. The molecule has 104 valence electrons. The molecule has 0 unspecified atom stereocenters. The zero-order valence-corrected chi connectivity index (χ0v) is 11.4. The predicted molar refractivity (Wildman–Crippen MR) is 66.5 cm³/mol. The van der Waals surface area contributed by atoms with Gasteiger partial charge in [0.25, 0.3) is 10.0 Å². The SMILES string of the molecule is Cc1[nH]nc(S(=O)(=O)NCc2ccnn2C)c1CO. The maximum atomic E-state index is 12.1. The molecule has 2 heterocycles. The van der Waals surface area contributed by atoms with Crippen molar-refractivity contribution < 1.29 is 13.5 Å². The van der Waals surface area contributed by atoms with E-state index in [-0.39, 0.29) is 23.7 Å². The highest BCUT2D eigenvalue weighted by atomic mass is 32.2. The molecule has 0 aliphatic carbocycles. The number of hydrogen-bond acceptors (Lipinski definition) is 5. The van der Waals surface area contributed by atoms with E-state index in [0.717, 1.165) is 5.69 Å². The largest absolute Gasteiger partial charge is 0.392 e. The molecule has 0 aliphatic heterocycles. The summed E-state index contributed by atoms with van der Waals surface area (Å²) in [5.41, 5.74) is 1.53. The summed E-state index contributed by atoms with van der Waals surface area (Å²) >= 11 is 0. The Kier molecular flexibility index (Phi) is 3.69. The van der Waals surface area contributed by atoms with E-state index in [1.54, 1.807) is 30.9 Å². The smallest absolute Gasteiger partial charge is 0.260 e. The number of H-pyrrole nitrogens is 1. The minimum absolute atomic E-state index is 0.107. The van der Waals surface area contributed by atoms with Crippen molar-refractivity contribution in [1.82, 2.24) is 24.7 Å². The number of aliphatic hydroxyl groups is 1. The number of aliphatic hydroxyl groups excluding tert-OH is 1. The third-order valence-corrected chi connectivity index (χ3v) is 4.19. The summed E-state index contributed by atoms with van der Waals surface area (Å²) in [7, 11) is -2.04. The van der Waals surface area contributed by atoms with Crippen molar-refractivity contribution in [2.45, 2.75) is 25.1 Å². The Morgan fingerprint density at radius 2 is 2.26 bits per heavy atom. The van der Waals surface area contributed by atoms with Crippen molar-refractivity contribution in [1.29, 1.82) is 0 Å². The quantitative estimate of drug-likeness (QED) is 0.680. The number of hydrogen-bond donors (Lipinski definition) is 3. The van der Waals surface area contributed by atoms with Crippen LogP contribution in [0.5, 0.6) is 0 Å². The Bertz CT molecular complexity index is 673. The molecule has 0 saturated carbocycles. The van der Waals surface area contributed by atoms with Crippen molar-refractivity contribution in [2.75, 3.05) is 0 Å². The van der Waals surface area contributed by atoms with Crippen molar-refractivity contribution in [3.8, 4) is 0 Å². The number of aryl methyl sites for hydroxylation is 2. The van der Waals surface area contributed by atoms with Gasteiger partial charge >= 0.3 is 0 Å². The average molecular weight is 285 g/mol. The standard InChI is InChI=1S/C10H15N5O3S/c1-7-9(6-16)10(14-13-7)19(17,18)12-5-8-3-4-11-15(8)2/h3-4,12,16H,5-6H2,1-2H3,(H,13,14). The molecule has 2 rings (SSSR count). The van der Waals surface area contributed by atoms with Gasteiger partial charge in [0, 0.05) is 24.5 Å². The normalized spacial score (nSPS) is 11.9. The van der Waals surface area contributed by atoms with Crippen molar-refractivity contribution in [3.05, 3.63) is 29.2 Å². The molecule has 0 spiro atoms. The Morgan fingerprint density at radius 1 is 1.53 bits per heavy atom. The highest BCUT2D eigenvalue weighted by molar-refractivity contribution is 7.89. The number of nitrogens with zero attached hydrogens (tertiary/aromatic N) is 3. The van der Waals surface area contributed by atoms with E-state index in [1.807, 2.05) is 0 Å². The van der Waals surface area contributed by atoms with Gasteiger partial charge in [-0.15, -0.1) is 0 Å². The van der Waals surface area contributed by atoms with Crippen LogP contribution in [0.1, 0.15) is 17.0 Å². The number of aromatic amines is 1. The maximum absolute atomic E-state index is 12.1. The lowest BCUT2D eigenvalue weighted by Crippen LogP contribution is -2.25. The van der Waals surface area contributed by atoms with Crippen LogP contribution in [-0.4, -0.2) is 33.5 Å². The Labute approximate surface area is 110 Å². The molecule has 8 nitrogen and oxygen atoms in total. The van der Waals surface area contributed by atoms with Gasteiger partial charge in [-0.1, -0.05) is 0 Å². The van der Waals surface area contributed by atoms with Crippen LogP contribution in [0.15, 0.2) is 17.3 Å². The molecule has 0 bridgehead atoms. The first-order valence-electron chi connectivity index (χ1n) is 5.57. The lowest BCUT2D eigenvalue weighted by Gasteiger charge is -2.06. The van der Waals surface area contributed by atoms with Gasteiger partial charge in [-0.3, -0.25) is 9.78 Å². The number of sulfonamides is 1. The van der Waals surface area contributed by atoms with E-state index < -0.39 is 10.0 Å². The molecule has 3 N–H and O–H groups in total. The summed E-state index contributed by atoms with van der Waals surface area (Å²) in [4.78, 5) is 0. The maximum Gasteiger partial charge on any atom is 0.260 e. The second-order valence-electron chi connectivity index (χ2n) is 4.06.